The van der Waals surface area contributed by atoms with Gasteiger partial charge in [-0.15, -0.1) is 0 Å². The maximum Gasteiger partial charge on any atom is 0.448 e. The van der Waals surface area contributed by atoms with Gasteiger partial charge in [-0.25, -0.2) is 0 Å². The van der Waals surface area contributed by atoms with Gasteiger partial charge in [0.05, 0.1) is 6.61 Å². The fraction of sp³-hybridized carbons (Fsp3) is 0.727. The quantitative estimate of drug-likeness (QED) is 0.375. The molecule has 0 saturated carbocycles. The van der Waals surface area contributed by atoms with Crippen LogP contribution in [0.5, 0.6) is 0 Å². The maximum atomic E-state index is 11.2. The second-order valence-corrected chi connectivity index (χ2v) is 5.51. The topological polar surface area (TPSA) is 78.9 Å². The van der Waals surface area contributed by atoms with E-state index in [9.17, 15) is 14.4 Å². The Morgan fingerprint density at radius 3 is 1.89 bits per heavy atom. The molecular formula is C11H20O6Si. The van der Waals surface area contributed by atoms with E-state index in [0.717, 1.165) is 0 Å². The molecule has 0 aromatic heterocycles. The third kappa shape index (κ3) is 8.74. The fourth-order valence-corrected chi connectivity index (χ4v) is 2.77. The molecule has 0 amide bonds. The molecule has 0 unspecified atom stereocenters. The van der Waals surface area contributed by atoms with Crippen LogP contribution >= 0.6 is 0 Å². The molecule has 18 heavy (non-hydrogen) atoms. The molecular weight excluding hydrogens is 256 g/mol. The van der Waals surface area contributed by atoms with Gasteiger partial charge in [-0.3, -0.25) is 14.4 Å². The SMILES string of the molecule is CCC(=O)O[SiH](CCCOC(C)=O)OC(=O)CC. The van der Waals surface area contributed by atoms with Crippen LogP contribution in [0.3, 0.4) is 0 Å². The number of hydrogen-bond acceptors (Lipinski definition) is 6. The van der Waals surface area contributed by atoms with Crippen molar-refractivity contribution in [3.8, 4) is 0 Å². The monoisotopic (exact) mass is 276 g/mol. The van der Waals surface area contributed by atoms with Crippen molar-refractivity contribution in [3.63, 3.8) is 0 Å². The lowest BCUT2D eigenvalue weighted by Crippen LogP contribution is -2.29. The van der Waals surface area contributed by atoms with Gasteiger partial charge < -0.3 is 13.6 Å². The number of carbonyl (C=O) groups is 3. The summed E-state index contributed by atoms with van der Waals surface area (Å²) in [5.74, 6) is -1.10. The van der Waals surface area contributed by atoms with Crippen LogP contribution in [0.15, 0.2) is 0 Å². The van der Waals surface area contributed by atoms with Gasteiger partial charge in [0.2, 0.25) is 0 Å². The predicted molar refractivity (Wildman–Crippen MR) is 66.0 cm³/mol. The van der Waals surface area contributed by atoms with Gasteiger partial charge in [0, 0.05) is 25.8 Å². The molecule has 0 aliphatic heterocycles. The molecule has 7 heteroatoms. The zero-order valence-corrected chi connectivity index (χ0v) is 12.2. The van der Waals surface area contributed by atoms with Crippen LogP contribution in [0.2, 0.25) is 6.04 Å². The first kappa shape index (κ1) is 16.6. The Labute approximate surface area is 108 Å². The molecule has 0 aromatic carbocycles. The molecule has 0 aliphatic carbocycles. The van der Waals surface area contributed by atoms with E-state index in [1.807, 2.05) is 0 Å². The molecule has 0 bridgehead atoms. The van der Waals surface area contributed by atoms with Crippen LogP contribution in [0.25, 0.3) is 0 Å². The van der Waals surface area contributed by atoms with Gasteiger partial charge in [0.1, 0.15) is 0 Å². The maximum absolute atomic E-state index is 11.2. The van der Waals surface area contributed by atoms with Crippen molar-refractivity contribution in [2.75, 3.05) is 6.61 Å². The molecule has 0 spiro atoms. The van der Waals surface area contributed by atoms with Crippen LogP contribution in [-0.4, -0.2) is 33.8 Å². The van der Waals surface area contributed by atoms with Crippen LogP contribution in [0.4, 0.5) is 0 Å². The van der Waals surface area contributed by atoms with Gasteiger partial charge in [-0.1, -0.05) is 13.8 Å². The summed E-state index contributed by atoms with van der Waals surface area (Å²) in [6, 6.07) is 0.449. The molecule has 104 valence electrons. The van der Waals surface area contributed by atoms with Gasteiger partial charge in [-0.05, 0) is 6.42 Å². The Bertz CT molecular complexity index is 273. The Morgan fingerprint density at radius 1 is 1.00 bits per heavy atom. The van der Waals surface area contributed by atoms with E-state index < -0.39 is 9.28 Å². The Morgan fingerprint density at radius 2 is 1.50 bits per heavy atom. The van der Waals surface area contributed by atoms with Gasteiger partial charge >= 0.3 is 15.3 Å². The van der Waals surface area contributed by atoms with Crippen LogP contribution in [0.1, 0.15) is 40.0 Å². The van der Waals surface area contributed by atoms with Crippen molar-refractivity contribution >= 4 is 27.2 Å². The van der Waals surface area contributed by atoms with E-state index in [2.05, 4.69) is 0 Å². The molecule has 0 heterocycles. The summed E-state index contributed by atoms with van der Waals surface area (Å²) >= 11 is 0. The molecule has 0 aromatic rings. The molecule has 6 nitrogen and oxygen atoms in total. The lowest BCUT2D eigenvalue weighted by atomic mass is 10.5. The third-order valence-corrected chi connectivity index (χ3v) is 3.92. The third-order valence-electron chi connectivity index (χ3n) is 1.99. The van der Waals surface area contributed by atoms with E-state index >= 15 is 0 Å². The molecule has 0 atom stereocenters. The van der Waals surface area contributed by atoms with E-state index in [4.69, 9.17) is 13.6 Å². The fourth-order valence-electron chi connectivity index (χ4n) is 1.07. The number of ether oxygens (including phenoxy) is 1. The Balaban J connectivity index is 4.07. The minimum absolute atomic E-state index is 0.242. The summed E-state index contributed by atoms with van der Waals surface area (Å²) in [4.78, 5) is 32.9. The van der Waals surface area contributed by atoms with Crippen molar-refractivity contribution in [2.45, 2.75) is 46.1 Å². The van der Waals surface area contributed by atoms with Crippen LogP contribution < -0.4 is 0 Å². The number of rotatable bonds is 8. The van der Waals surface area contributed by atoms with Crippen molar-refractivity contribution in [2.24, 2.45) is 0 Å². The van der Waals surface area contributed by atoms with E-state index in [0.29, 0.717) is 12.5 Å². The highest BCUT2D eigenvalue weighted by Gasteiger charge is 2.21. The average molecular weight is 276 g/mol. The average Bonchev–Trinajstić information content (AvgIpc) is 2.33. The molecule has 0 saturated heterocycles. The first-order valence-corrected chi connectivity index (χ1v) is 7.77. The highest BCUT2D eigenvalue weighted by Crippen LogP contribution is 2.05. The number of carbonyl (C=O) groups excluding carboxylic acids is 3. The zero-order valence-electron chi connectivity index (χ0n) is 11.1. The largest absolute Gasteiger partial charge is 0.487 e. The van der Waals surface area contributed by atoms with Gasteiger partial charge in [-0.2, -0.15) is 0 Å². The van der Waals surface area contributed by atoms with Crippen molar-refractivity contribution in [1.29, 1.82) is 0 Å². The summed E-state index contributed by atoms with van der Waals surface area (Å²) in [7, 11) is -2.34. The molecule has 0 N–H and O–H groups in total. The van der Waals surface area contributed by atoms with Crippen molar-refractivity contribution in [1.82, 2.24) is 0 Å². The van der Waals surface area contributed by atoms with E-state index in [-0.39, 0.29) is 37.4 Å². The summed E-state index contributed by atoms with van der Waals surface area (Å²) in [5, 5.41) is 0. The predicted octanol–water partition coefficient (Wildman–Crippen LogP) is 1.07. The smallest absolute Gasteiger partial charge is 0.448 e. The number of hydrogen-bond donors (Lipinski definition) is 0. The first-order valence-electron chi connectivity index (χ1n) is 6.01. The number of esters is 1. The molecule has 0 rings (SSSR count). The highest BCUT2D eigenvalue weighted by molar-refractivity contribution is 6.48. The zero-order chi connectivity index (χ0) is 14.0. The van der Waals surface area contributed by atoms with Crippen molar-refractivity contribution in [3.05, 3.63) is 0 Å². The molecule has 0 fully saturated rings. The Kier molecular flexibility index (Phi) is 8.90. The second-order valence-electron chi connectivity index (χ2n) is 3.60. The summed E-state index contributed by atoms with van der Waals surface area (Å²) in [5.41, 5.74) is 0. The van der Waals surface area contributed by atoms with E-state index in [1.54, 1.807) is 13.8 Å². The van der Waals surface area contributed by atoms with Crippen LogP contribution in [0, 0.1) is 0 Å². The molecule has 0 aliphatic rings. The second kappa shape index (κ2) is 9.64. The highest BCUT2D eigenvalue weighted by atomic mass is 28.3. The summed E-state index contributed by atoms with van der Waals surface area (Å²) < 4.78 is 14.9. The van der Waals surface area contributed by atoms with E-state index in [1.165, 1.54) is 6.92 Å². The van der Waals surface area contributed by atoms with Crippen LogP contribution in [-0.2, 0) is 28.0 Å². The minimum atomic E-state index is -2.34. The lowest BCUT2D eigenvalue weighted by Gasteiger charge is -2.15. The Hall–Kier alpha value is -1.37. The standard InChI is InChI=1S/C11H20O6Si/c1-4-10(13)16-18(17-11(14)5-2)8-6-7-15-9(3)12/h18H,4-8H2,1-3H3. The summed E-state index contributed by atoms with van der Waals surface area (Å²) in [6.07, 6.45) is 1.01. The lowest BCUT2D eigenvalue weighted by molar-refractivity contribution is -0.142. The van der Waals surface area contributed by atoms with Gasteiger partial charge in [0.15, 0.2) is 0 Å². The normalized spacial score (nSPS) is 10.0. The minimum Gasteiger partial charge on any atom is -0.487 e. The van der Waals surface area contributed by atoms with Gasteiger partial charge in [0.25, 0.3) is 11.9 Å². The first-order chi connectivity index (χ1) is 8.49. The molecule has 0 radical (unpaired) electrons. The van der Waals surface area contributed by atoms with Crippen molar-refractivity contribution < 1.29 is 28.0 Å². The summed E-state index contributed by atoms with van der Waals surface area (Å²) in [6.45, 7) is 4.91.